The van der Waals surface area contributed by atoms with E-state index in [4.69, 9.17) is 23.2 Å². The first-order valence-electron chi connectivity index (χ1n) is 7.55. The summed E-state index contributed by atoms with van der Waals surface area (Å²) in [4.78, 5) is 27.3. The summed E-state index contributed by atoms with van der Waals surface area (Å²) >= 11 is 12.3. The van der Waals surface area contributed by atoms with E-state index in [1.807, 2.05) is 12.1 Å². The third kappa shape index (κ3) is 4.27. The van der Waals surface area contributed by atoms with Crippen LogP contribution in [0.25, 0.3) is 0 Å². The van der Waals surface area contributed by atoms with E-state index < -0.39 is 0 Å². The van der Waals surface area contributed by atoms with Gasteiger partial charge in [0.25, 0.3) is 0 Å². The van der Waals surface area contributed by atoms with Crippen LogP contribution in [-0.4, -0.2) is 40.7 Å². The molecule has 1 aromatic carbocycles. The number of amides is 2. The maximum absolute atomic E-state index is 12.3. The number of piperidine rings is 1. The van der Waals surface area contributed by atoms with Crippen LogP contribution in [0, 0.1) is 0 Å². The Morgan fingerprint density at radius 3 is 2.57 bits per heavy atom. The molecule has 23 heavy (non-hydrogen) atoms. The molecule has 2 rings (SSSR count). The van der Waals surface area contributed by atoms with Gasteiger partial charge in [-0.15, -0.1) is 0 Å². The molecule has 1 aliphatic rings. The van der Waals surface area contributed by atoms with E-state index in [1.54, 1.807) is 22.8 Å². The largest absolute Gasteiger partial charge is 0.343 e. The maximum Gasteiger partial charge on any atom is 0.246 e. The van der Waals surface area contributed by atoms with Gasteiger partial charge in [0, 0.05) is 32.6 Å². The predicted octanol–water partition coefficient (Wildman–Crippen LogP) is 3.52. The fourth-order valence-electron chi connectivity index (χ4n) is 2.85. The van der Waals surface area contributed by atoms with Crippen LogP contribution in [0.2, 0.25) is 10.0 Å². The molecule has 0 bridgehead atoms. The zero-order valence-corrected chi connectivity index (χ0v) is 14.6. The fraction of sp³-hybridized carbons (Fsp3) is 0.412. The third-order valence-corrected chi connectivity index (χ3v) is 5.04. The van der Waals surface area contributed by atoms with E-state index >= 15 is 0 Å². The molecule has 0 N–H and O–H groups in total. The average molecular weight is 355 g/mol. The Labute approximate surface area is 146 Å². The van der Waals surface area contributed by atoms with E-state index in [-0.39, 0.29) is 17.9 Å². The minimum Gasteiger partial charge on any atom is -0.343 e. The van der Waals surface area contributed by atoms with Gasteiger partial charge in [-0.25, -0.2) is 0 Å². The Kier molecular flexibility index (Phi) is 6.08. The SMILES string of the molecule is C=CC(=O)N(Cc1cccc(Cl)c1Cl)C1CCN(C(C)=O)CC1. The van der Waals surface area contributed by atoms with Crippen molar-refractivity contribution in [3.05, 3.63) is 46.5 Å². The molecule has 0 saturated carbocycles. The number of hydrogen-bond donors (Lipinski definition) is 0. The number of nitrogens with zero attached hydrogens (tertiary/aromatic N) is 2. The summed E-state index contributed by atoms with van der Waals surface area (Å²) in [5.74, 6) is -0.0646. The number of benzene rings is 1. The van der Waals surface area contributed by atoms with Gasteiger partial charge >= 0.3 is 0 Å². The molecule has 0 aliphatic carbocycles. The molecule has 124 valence electrons. The third-order valence-electron chi connectivity index (χ3n) is 4.18. The summed E-state index contributed by atoms with van der Waals surface area (Å²) in [5, 5.41) is 0.943. The highest BCUT2D eigenvalue weighted by atomic mass is 35.5. The molecule has 4 nitrogen and oxygen atoms in total. The first kappa shape index (κ1) is 17.8. The molecule has 1 heterocycles. The standard InChI is InChI=1S/C17H20Cl2N2O2/c1-3-16(23)21(11-13-5-4-6-15(18)17(13)19)14-7-9-20(10-8-14)12(2)22/h3-6,14H,1,7-11H2,2H3. The molecule has 1 fully saturated rings. The molecular weight excluding hydrogens is 335 g/mol. The van der Waals surface area contributed by atoms with Gasteiger partial charge in [-0.05, 0) is 30.5 Å². The lowest BCUT2D eigenvalue weighted by Crippen LogP contribution is -2.47. The molecule has 1 aromatic rings. The van der Waals surface area contributed by atoms with Gasteiger partial charge in [-0.3, -0.25) is 9.59 Å². The fourth-order valence-corrected chi connectivity index (χ4v) is 3.23. The Morgan fingerprint density at radius 2 is 2.00 bits per heavy atom. The molecule has 0 atom stereocenters. The highest BCUT2D eigenvalue weighted by Gasteiger charge is 2.28. The Balaban J connectivity index is 2.15. The summed E-state index contributed by atoms with van der Waals surface area (Å²) in [6, 6.07) is 5.46. The van der Waals surface area contributed by atoms with Crippen LogP contribution in [0.3, 0.4) is 0 Å². The van der Waals surface area contributed by atoms with Crippen LogP contribution in [0.1, 0.15) is 25.3 Å². The maximum atomic E-state index is 12.3. The average Bonchev–Trinajstić information content (AvgIpc) is 2.55. The van der Waals surface area contributed by atoms with Gasteiger partial charge in [0.05, 0.1) is 10.0 Å². The van der Waals surface area contributed by atoms with Gasteiger partial charge in [0.2, 0.25) is 11.8 Å². The van der Waals surface area contributed by atoms with Crippen molar-refractivity contribution < 1.29 is 9.59 Å². The highest BCUT2D eigenvalue weighted by molar-refractivity contribution is 6.42. The van der Waals surface area contributed by atoms with Gasteiger partial charge in [-0.2, -0.15) is 0 Å². The van der Waals surface area contributed by atoms with Gasteiger partial charge in [0.1, 0.15) is 0 Å². The number of carbonyl (C=O) groups excluding carboxylic acids is 2. The number of halogens is 2. The van der Waals surface area contributed by atoms with Crippen LogP contribution in [-0.2, 0) is 16.1 Å². The summed E-state index contributed by atoms with van der Waals surface area (Å²) in [6.07, 6.45) is 2.81. The van der Waals surface area contributed by atoms with Crippen LogP contribution >= 0.6 is 23.2 Å². The van der Waals surface area contributed by atoms with E-state index in [0.29, 0.717) is 29.7 Å². The van der Waals surface area contributed by atoms with E-state index in [2.05, 4.69) is 6.58 Å². The van der Waals surface area contributed by atoms with Gasteiger partial charge < -0.3 is 9.80 Å². The monoisotopic (exact) mass is 354 g/mol. The lowest BCUT2D eigenvalue weighted by molar-refractivity contribution is -0.133. The zero-order valence-electron chi connectivity index (χ0n) is 13.1. The molecule has 0 radical (unpaired) electrons. The summed E-state index contributed by atoms with van der Waals surface area (Å²) in [5.41, 5.74) is 0.809. The van der Waals surface area contributed by atoms with E-state index in [9.17, 15) is 9.59 Å². The van der Waals surface area contributed by atoms with E-state index in [1.165, 1.54) is 6.08 Å². The predicted molar refractivity (Wildman–Crippen MR) is 92.5 cm³/mol. The van der Waals surface area contributed by atoms with Crippen molar-refractivity contribution in [1.29, 1.82) is 0 Å². The summed E-state index contributed by atoms with van der Waals surface area (Å²) in [6.45, 7) is 6.85. The Bertz CT molecular complexity index is 611. The number of rotatable bonds is 4. The van der Waals surface area contributed by atoms with Crippen LogP contribution < -0.4 is 0 Å². The van der Waals surface area contributed by atoms with Crippen molar-refractivity contribution in [2.45, 2.75) is 32.4 Å². The molecular formula is C17H20Cl2N2O2. The molecule has 0 spiro atoms. The number of carbonyl (C=O) groups is 2. The van der Waals surface area contributed by atoms with E-state index in [0.717, 1.165) is 18.4 Å². The van der Waals surface area contributed by atoms with Crippen molar-refractivity contribution in [2.75, 3.05) is 13.1 Å². The van der Waals surface area contributed by atoms with Gasteiger partial charge in [0.15, 0.2) is 0 Å². The molecule has 1 saturated heterocycles. The molecule has 2 amide bonds. The minimum atomic E-state index is -0.137. The van der Waals surface area contributed by atoms with Crippen molar-refractivity contribution in [2.24, 2.45) is 0 Å². The summed E-state index contributed by atoms with van der Waals surface area (Å²) < 4.78 is 0. The molecule has 0 aromatic heterocycles. The van der Waals surface area contributed by atoms with Crippen molar-refractivity contribution >= 4 is 35.0 Å². The smallest absolute Gasteiger partial charge is 0.246 e. The second kappa shape index (κ2) is 7.84. The quantitative estimate of drug-likeness (QED) is 0.776. The molecule has 6 heteroatoms. The van der Waals surface area contributed by atoms with Gasteiger partial charge in [-0.1, -0.05) is 41.9 Å². The normalized spacial score (nSPS) is 15.3. The van der Waals surface area contributed by atoms with Crippen LogP contribution in [0.15, 0.2) is 30.9 Å². The number of likely N-dealkylation sites (tertiary alicyclic amines) is 1. The second-order valence-corrected chi connectivity index (χ2v) is 6.41. The first-order chi connectivity index (χ1) is 10.9. The topological polar surface area (TPSA) is 40.6 Å². The lowest BCUT2D eigenvalue weighted by atomic mass is 10.0. The number of hydrogen-bond acceptors (Lipinski definition) is 2. The summed E-state index contributed by atoms with van der Waals surface area (Å²) in [7, 11) is 0. The lowest BCUT2D eigenvalue weighted by Gasteiger charge is -2.38. The first-order valence-corrected chi connectivity index (χ1v) is 8.31. The Hall–Kier alpha value is -1.52. The zero-order chi connectivity index (χ0) is 17.0. The second-order valence-electron chi connectivity index (χ2n) is 5.62. The molecule has 1 aliphatic heterocycles. The van der Waals surface area contributed by atoms with Crippen molar-refractivity contribution in [3.8, 4) is 0 Å². The highest BCUT2D eigenvalue weighted by Crippen LogP contribution is 2.28. The minimum absolute atomic E-state index is 0.0612. The van der Waals surface area contributed by atoms with Crippen molar-refractivity contribution in [3.63, 3.8) is 0 Å². The van der Waals surface area contributed by atoms with Crippen LogP contribution in [0.5, 0.6) is 0 Å². The molecule has 0 unspecified atom stereocenters. The van der Waals surface area contributed by atoms with Crippen LogP contribution in [0.4, 0.5) is 0 Å². The van der Waals surface area contributed by atoms with Crippen molar-refractivity contribution in [1.82, 2.24) is 9.80 Å². The Morgan fingerprint density at radius 1 is 1.35 bits per heavy atom.